The van der Waals surface area contributed by atoms with Crippen LogP contribution in [0, 0.1) is 19.8 Å². The Labute approximate surface area is 149 Å². The van der Waals surface area contributed by atoms with Crippen molar-refractivity contribution in [2.75, 3.05) is 11.4 Å². The first kappa shape index (κ1) is 16.7. The molecular weight excluding hydrogens is 370 g/mol. The summed E-state index contributed by atoms with van der Waals surface area (Å²) in [4.78, 5) is 26.4. The fourth-order valence-electron chi connectivity index (χ4n) is 2.83. The Bertz CT molecular complexity index is 786. The molecule has 1 fully saturated rings. The van der Waals surface area contributed by atoms with Gasteiger partial charge in [-0.1, -0.05) is 28.1 Å². The number of carbonyl (C=O) groups is 2. The molecule has 3 rings (SSSR count). The van der Waals surface area contributed by atoms with E-state index >= 15 is 0 Å². The van der Waals surface area contributed by atoms with Crippen molar-refractivity contribution in [2.24, 2.45) is 5.92 Å². The molecule has 5 heteroatoms. The molecule has 0 bridgehead atoms. The molecule has 0 saturated carbocycles. The van der Waals surface area contributed by atoms with Crippen LogP contribution in [0.1, 0.15) is 17.5 Å². The van der Waals surface area contributed by atoms with Gasteiger partial charge in [-0.2, -0.15) is 0 Å². The average Bonchev–Trinajstić information content (AvgIpc) is 2.94. The first-order valence-electron chi connectivity index (χ1n) is 7.79. The lowest BCUT2D eigenvalue weighted by Crippen LogP contribution is -2.28. The van der Waals surface area contributed by atoms with Crippen molar-refractivity contribution in [3.8, 4) is 5.75 Å². The second-order valence-corrected chi connectivity index (χ2v) is 6.92. The number of carbonyl (C=O) groups excluding carboxylic acids is 2. The van der Waals surface area contributed by atoms with Gasteiger partial charge in [-0.05, 0) is 55.3 Å². The maximum absolute atomic E-state index is 12.4. The van der Waals surface area contributed by atoms with E-state index in [0.717, 1.165) is 21.3 Å². The van der Waals surface area contributed by atoms with Crippen LogP contribution in [0.2, 0.25) is 0 Å². The second kappa shape index (κ2) is 6.77. The third kappa shape index (κ3) is 3.36. The van der Waals surface area contributed by atoms with Gasteiger partial charge >= 0.3 is 5.97 Å². The standard InChI is InChI=1S/C19H18BrNO3/c1-12-4-3-5-17(13(12)2)21-11-14(10-18(21)22)19(23)24-16-8-6-15(20)7-9-16/h3-9,14H,10-11H2,1-2H3/t14-/m1/s1. The van der Waals surface area contributed by atoms with Gasteiger partial charge in [0.05, 0.1) is 5.92 Å². The summed E-state index contributed by atoms with van der Waals surface area (Å²) in [5.74, 6) is -0.359. The number of hydrogen-bond acceptors (Lipinski definition) is 3. The molecule has 1 atom stereocenters. The number of halogens is 1. The van der Waals surface area contributed by atoms with E-state index in [1.54, 1.807) is 17.0 Å². The quantitative estimate of drug-likeness (QED) is 0.589. The molecule has 1 aliphatic heterocycles. The highest BCUT2D eigenvalue weighted by atomic mass is 79.9. The molecule has 24 heavy (non-hydrogen) atoms. The van der Waals surface area contributed by atoms with Gasteiger partial charge in [0.2, 0.25) is 5.91 Å². The smallest absolute Gasteiger partial charge is 0.316 e. The van der Waals surface area contributed by atoms with Crippen LogP contribution in [0.25, 0.3) is 0 Å². The van der Waals surface area contributed by atoms with E-state index in [0.29, 0.717) is 12.3 Å². The molecule has 2 aromatic carbocycles. The van der Waals surface area contributed by atoms with Crippen LogP contribution in [0.5, 0.6) is 5.75 Å². The summed E-state index contributed by atoms with van der Waals surface area (Å²) >= 11 is 3.34. The number of hydrogen-bond donors (Lipinski definition) is 0. The summed E-state index contributed by atoms with van der Waals surface area (Å²) in [6.07, 6.45) is 0.183. The summed E-state index contributed by atoms with van der Waals surface area (Å²) in [6.45, 7) is 4.36. The molecule has 2 aromatic rings. The highest BCUT2D eigenvalue weighted by molar-refractivity contribution is 9.10. The van der Waals surface area contributed by atoms with E-state index in [1.165, 1.54) is 0 Å². The Morgan fingerprint density at radius 3 is 2.58 bits per heavy atom. The van der Waals surface area contributed by atoms with Crippen molar-refractivity contribution in [1.82, 2.24) is 0 Å². The lowest BCUT2D eigenvalue weighted by atomic mass is 10.1. The van der Waals surface area contributed by atoms with Crippen molar-refractivity contribution >= 4 is 33.5 Å². The third-order valence-corrected chi connectivity index (χ3v) is 4.89. The zero-order valence-corrected chi connectivity index (χ0v) is 15.2. The van der Waals surface area contributed by atoms with Crippen molar-refractivity contribution in [3.63, 3.8) is 0 Å². The zero-order valence-electron chi connectivity index (χ0n) is 13.6. The molecule has 0 radical (unpaired) electrons. The Kier molecular flexibility index (Phi) is 4.71. The molecule has 1 aliphatic rings. The van der Waals surface area contributed by atoms with E-state index in [9.17, 15) is 9.59 Å². The zero-order chi connectivity index (χ0) is 17.3. The van der Waals surface area contributed by atoms with Gasteiger partial charge in [0, 0.05) is 23.1 Å². The highest BCUT2D eigenvalue weighted by Gasteiger charge is 2.37. The molecule has 4 nitrogen and oxygen atoms in total. The number of nitrogens with zero attached hydrogens (tertiary/aromatic N) is 1. The van der Waals surface area contributed by atoms with E-state index in [2.05, 4.69) is 15.9 Å². The molecule has 124 valence electrons. The number of esters is 1. The van der Waals surface area contributed by atoms with Crippen LogP contribution >= 0.6 is 15.9 Å². The molecule has 1 amide bonds. The van der Waals surface area contributed by atoms with Crippen molar-refractivity contribution < 1.29 is 14.3 Å². The van der Waals surface area contributed by atoms with Crippen LogP contribution in [-0.2, 0) is 9.59 Å². The third-order valence-electron chi connectivity index (χ3n) is 4.36. The highest BCUT2D eigenvalue weighted by Crippen LogP contribution is 2.30. The first-order chi connectivity index (χ1) is 11.5. The maximum atomic E-state index is 12.4. The number of rotatable bonds is 3. The molecule has 1 saturated heterocycles. The van der Waals surface area contributed by atoms with Gasteiger partial charge < -0.3 is 9.64 Å². The number of amides is 1. The number of ether oxygens (including phenoxy) is 1. The Morgan fingerprint density at radius 2 is 1.88 bits per heavy atom. The number of benzene rings is 2. The molecule has 1 heterocycles. The van der Waals surface area contributed by atoms with Gasteiger partial charge in [-0.15, -0.1) is 0 Å². The van der Waals surface area contributed by atoms with E-state index in [4.69, 9.17) is 4.74 Å². The molecule has 0 aliphatic carbocycles. The Morgan fingerprint density at radius 1 is 1.17 bits per heavy atom. The van der Waals surface area contributed by atoms with Gasteiger partial charge in [-0.3, -0.25) is 9.59 Å². The molecular formula is C19H18BrNO3. The number of aryl methyl sites for hydroxylation is 1. The predicted molar refractivity (Wildman–Crippen MR) is 96.2 cm³/mol. The van der Waals surface area contributed by atoms with Gasteiger partial charge in [0.1, 0.15) is 5.75 Å². The van der Waals surface area contributed by atoms with E-state index in [-0.39, 0.29) is 18.3 Å². The summed E-state index contributed by atoms with van der Waals surface area (Å²) in [6, 6.07) is 12.9. The molecule has 0 unspecified atom stereocenters. The van der Waals surface area contributed by atoms with Crippen molar-refractivity contribution in [3.05, 3.63) is 58.1 Å². The van der Waals surface area contributed by atoms with Gasteiger partial charge in [-0.25, -0.2) is 0 Å². The summed E-state index contributed by atoms with van der Waals surface area (Å²) in [7, 11) is 0. The largest absolute Gasteiger partial charge is 0.426 e. The van der Waals surface area contributed by atoms with Crippen LogP contribution in [0.3, 0.4) is 0 Å². The lowest BCUT2D eigenvalue weighted by molar-refractivity contribution is -0.139. The normalized spacial score (nSPS) is 17.2. The SMILES string of the molecule is Cc1cccc(N2C[C@H](C(=O)Oc3ccc(Br)cc3)CC2=O)c1C. The number of anilines is 1. The minimum Gasteiger partial charge on any atom is -0.426 e. The monoisotopic (exact) mass is 387 g/mol. The van der Waals surface area contributed by atoms with E-state index < -0.39 is 5.92 Å². The first-order valence-corrected chi connectivity index (χ1v) is 8.59. The van der Waals surface area contributed by atoms with Crippen LogP contribution in [-0.4, -0.2) is 18.4 Å². The molecule has 0 spiro atoms. The Hall–Kier alpha value is -2.14. The van der Waals surface area contributed by atoms with Crippen molar-refractivity contribution in [1.29, 1.82) is 0 Å². The van der Waals surface area contributed by atoms with E-state index in [1.807, 2.05) is 44.2 Å². The second-order valence-electron chi connectivity index (χ2n) is 6.00. The summed E-state index contributed by atoms with van der Waals surface area (Å²) in [5, 5.41) is 0. The predicted octanol–water partition coefficient (Wildman–Crippen LogP) is 4.02. The maximum Gasteiger partial charge on any atom is 0.316 e. The fraction of sp³-hybridized carbons (Fsp3) is 0.263. The minimum atomic E-state index is -0.443. The topological polar surface area (TPSA) is 46.6 Å². The molecule has 0 N–H and O–H groups in total. The summed E-state index contributed by atoms with van der Waals surface area (Å²) in [5.41, 5.74) is 3.06. The fourth-order valence-corrected chi connectivity index (χ4v) is 3.09. The molecule has 0 aromatic heterocycles. The van der Waals surface area contributed by atoms with Crippen LogP contribution in [0.15, 0.2) is 46.9 Å². The lowest BCUT2D eigenvalue weighted by Gasteiger charge is -2.20. The van der Waals surface area contributed by atoms with Crippen molar-refractivity contribution in [2.45, 2.75) is 20.3 Å². The Balaban J connectivity index is 1.73. The summed E-state index contributed by atoms with van der Waals surface area (Å²) < 4.78 is 6.32. The van der Waals surface area contributed by atoms with Gasteiger partial charge in [0.25, 0.3) is 0 Å². The van der Waals surface area contributed by atoms with Crippen LogP contribution < -0.4 is 9.64 Å². The minimum absolute atomic E-state index is 0.0403. The average molecular weight is 388 g/mol. The van der Waals surface area contributed by atoms with Gasteiger partial charge in [0.15, 0.2) is 0 Å². The van der Waals surface area contributed by atoms with Crippen LogP contribution in [0.4, 0.5) is 5.69 Å².